The van der Waals surface area contributed by atoms with E-state index in [1.165, 1.54) is 12.1 Å². The van der Waals surface area contributed by atoms with Crippen molar-refractivity contribution in [2.24, 2.45) is 0 Å². The standard InChI is InChI=1S/C7H6BrFO/c1-4-2-5(9)7(8)6(10)3-4/h2-3,10H,1H3. The number of hydrogen-bond donors (Lipinski definition) is 1. The van der Waals surface area contributed by atoms with Crippen LogP contribution in [0.1, 0.15) is 5.56 Å². The van der Waals surface area contributed by atoms with Crippen LogP contribution >= 0.6 is 15.9 Å². The second kappa shape index (κ2) is 2.58. The molecule has 0 fully saturated rings. The van der Waals surface area contributed by atoms with Crippen molar-refractivity contribution in [3.05, 3.63) is 28.0 Å². The molecule has 0 aromatic heterocycles. The largest absolute Gasteiger partial charge is 0.507 e. The Kier molecular flexibility index (Phi) is 1.94. The molecule has 0 saturated carbocycles. The lowest BCUT2D eigenvalue weighted by atomic mass is 10.2. The monoisotopic (exact) mass is 204 g/mol. The van der Waals surface area contributed by atoms with E-state index in [9.17, 15) is 4.39 Å². The molecule has 0 aliphatic heterocycles. The predicted molar refractivity (Wildman–Crippen MR) is 40.5 cm³/mol. The van der Waals surface area contributed by atoms with Crippen molar-refractivity contribution in [2.45, 2.75) is 6.92 Å². The first-order chi connectivity index (χ1) is 4.61. The van der Waals surface area contributed by atoms with Gasteiger partial charge >= 0.3 is 0 Å². The molecule has 0 bridgehead atoms. The maximum atomic E-state index is 12.6. The molecule has 0 heterocycles. The Bertz CT molecular complexity index is 237. The Balaban J connectivity index is 3.31. The molecule has 0 aliphatic rings. The van der Waals surface area contributed by atoms with E-state index < -0.39 is 5.82 Å². The van der Waals surface area contributed by atoms with Crippen molar-refractivity contribution >= 4 is 15.9 Å². The smallest absolute Gasteiger partial charge is 0.141 e. The highest BCUT2D eigenvalue weighted by molar-refractivity contribution is 9.10. The molecule has 0 spiro atoms. The molecule has 1 nitrogen and oxygen atoms in total. The van der Waals surface area contributed by atoms with Crippen molar-refractivity contribution in [2.75, 3.05) is 0 Å². The van der Waals surface area contributed by atoms with Crippen LogP contribution in [0.25, 0.3) is 0 Å². The molecule has 0 unspecified atom stereocenters. The molecule has 10 heavy (non-hydrogen) atoms. The fourth-order valence-electron chi connectivity index (χ4n) is 0.706. The van der Waals surface area contributed by atoms with Crippen LogP contribution in [0.4, 0.5) is 4.39 Å². The van der Waals surface area contributed by atoms with Gasteiger partial charge in [-0.3, -0.25) is 0 Å². The normalized spacial score (nSPS) is 9.90. The first-order valence-corrected chi connectivity index (χ1v) is 3.55. The lowest BCUT2D eigenvalue weighted by Crippen LogP contribution is -1.80. The Labute approximate surface area is 66.6 Å². The van der Waals surface area contributed by atoms with Crippen LogP contribution in [0.15, 0.2) is 16.6 Å². The quantitative estimate of drug-likeness (QED) is 0.690. The first-order valence-electron chi connectivity index (χ1n) is 2.76. The summed E-state index contributed by atoms with van der Waals surface area (Å²) in [5.74, 6) is -0.491. The molecule has 0 aliphatic carbocycles. The van der Waals surface area contributed by atoms with E-state index in [-0.39, 0.29) is 10.2 Å². The topological polar surface area (TPSA) is 20.2 Å². The van der Waals surface area contributed by atoms with Crippen LogP contribution in [0, 0.1) is 12.7 Å². The van der Waals surface area contributed by atoms with Crippen LogP contribution in [0.3, 0.4) is 0 Å². The van der Waals surface area contributed by atoms with E-state index in [2.05, 4.69) is 15.9 Å². The summed E-state index contributed by atoms with van der Waals surface area (Å²) in [6, 6.07) is 2.84. The van der Waals surface area contributed by atoms with Gasteiger partial charge in [0.05, 0.1) is 4.47 Å². The fraction of sp³-hybridized carbons (Fsp3) is 0.143. The van der Waals surface area contributed by atoms with Gasteiger partial charge in [0, 0.05) is 0 Å². The molecule has 0 amide bonds. The predicted octanol–water partition coefficient (Wildman–Crippen LogP) is 2.60. The third kappa shape index (κ3) is 1.29. The second-order valence-electron chi connectivity index (χ2n) is 2.08. The van der Waals surface area contributed by atoms with Crippen LogP contribution in [-0.2, 0) is 0 Å². The Morgan fingerprint density at radius 1 is 1.50 bits per heavy atom. The van der Waals surface area contributed by atoms with E-state index in [0.717, 1.165) is 0 Å². The van der Waals surface area contributed by atoms with Gasteiger partial charge in [-0.15, -0.1) is 0 Å². The summed E-state index contributed by atoms with van der Waals surface area (Å²) in [5, 5.41) is 8.99. The summed E-state index contributed by atoms with van der Waals surface area (Å²) < 4.78 is 12.8. The maximum absolute atomic E-state index is 12.6. The van der Waals surface area contributed by atoms with Crippen LogP contribution < -0.4 is 0 Å². The fourth-order valence-corrected chi connectivity index (χ4v) is 0.935. The number of halogens is 2. The molecule has 54 valence electrons. The van der Waals surface area contributed by atoms with Crippen molar-refractivity contribution in [3.63, 3.8) is 0 Å². The van der Waals surface area contributed by atoms with E-state index in [1.54, 1.807) is 6.92 Å². The SMILES string of the molecule is Cc1cc(O)c(Br)c(F)c1. The summed E-state index contributed by atoms with van der Waals surface area (Å²) in [4.78, 5) is 0. The third-order valence-corrected chi connectivity index (χ3v) is 1.94. The highest BCUT2D eigenvalue weighted by Crippen LogP contribution is 2.27. The summed E-state index contributed by atoms with van der Waals surface area (Å²) in [6.45, 7) is 1.72. The lowest BCUT2D eigenvalue weighted by Gasteiger charge is -1.98. The molecule has 3 heteroatoms. The summed E-state index contributed by atoms with van der Waals surface area (Å²) in [5.41, 5.74) is 0.707. The first kappa shape index (κ1) is 7.54. The van der Waals surface area contributed by atoms with Gasteiger partial charge < -0.3 is 5.11 Å². The minimum atomic E-state index is -0.433. The minimum Gasteiger partial charge on any atom is -0.507 e. The number of hydrogen-bond acceptors (Lipinski definition) is 1. The van der Waals surface area contributed by atoms with Crippen LogP contribution in [0.2, 0.25) is 0 Å². The molecule has 1 aromatic rings. The summed E-state index contributed by atoms with van der Waals surface area (Å²) in [7, 11) is 0. The molecule has 1 aromatic carbocycles. The number of rotatable bonds is 0. The molecular formula is C7H6BrFO. The number of phenolic OH excluding ortho intramolecular Hbond substituents is 1. The Morgan fingerprint density at radius 3 is 2.60 bits per heavy atom. The maximum Gasteiger partial charge on any atom is 0.141 e. The summed E-state index contributed by atoms with van der Waals surface area (Å²) in [6.07, 6.45) is 0. The third-order valence-electron chi connectivity index (χ3n) is 1.15. The van der Waals surface area contributed by atoms with Crippen LogP contribution in [0.5, 0.6) is 5.75 Å². The highest BCUT2D eigenvalue weighted by Gasteiger charge is 2.03. The molecule has 1 N–H and O–H groups in total. The lowest BCUT2D eigenvalue weighted by molar-refractivity contribution is 0.463. The van der Waals surface area contributed by atoms with Gasteiger partial charge in [-0.1, -0.05) is 0 Å². The summed E-state index contributed by atoms with van der Waals surface area (Å²) >= 11 is 2.89. The van der Waals surface area contributed by atoms with Crippen molar-refractivity contribution in [1.82, 2.24) is 0 Å². The van der Waals surface area contributed by atoms with Crippen LogP contribution in [-0.4, -0.2) is 5.11 Å². The molecule has 0 atom stereocenters. The average molecular weight is 205 g/mol. The van der Waals surface area contributed by atoms with Gasteiger partial charge in [0.2, 0.25) is 0 Å². The average Bonchev–Trinajstić information content (AvgIpc) is 1.82. The van der Waals surface area contributed by atoms with Gasteiger partial charge in [0.25, 0.3) is 0 Å². The van der Waals surface area contributed by atoms with E-state index in [1.807, 2.05) is 0 Å². The van der Waals surface area contributed by atoms with E-state index in [4.69, 9.17) is 5.11 Å². The van der Waals surface area contributed by atoms with Gasteiger partial charge in [0.1, 0.15) is 11.6 Å². The minimum absolute atomic E-state index is 0.0579. The van der Waals surface area contributed by atoms with E-state index in [0.29, 0.717) is 5.56 Å². The number of aromatic hydroxyl groups is 1. The number of benzene rings is 1. The number of aryl methyl sites for hydroxylation is 1. The van der Waals surface area contributed by atoms with Gasteiger partial charge in [-0.05, 0) is 40.5 Å². The van der Waals surface area contributed by atoms with Crippen molar-refractivity contribution in [3.8, 4) is 5.75 Å². The second-order valence-corrected chi connectivity index (χ2v) is 2.87. The Hall–Kier alpha value is -0.570. The highest BCUT2D eigenvalue weighted by atomic mass is 79.9. The van der Waals surface area contributed by atoms with Crippen molar-refractivity contribution in [1.29, 1.82) is 0 Å². The van der Waals surface area contributed by atoms with Gasteiger partial charge in [-0.25, -0.2) is 4.39 Å². The zero-order chi connectivity index (χ0) is 7.72. The molecule has 0 radical (unpaired) electrons. The molecule has 0 saturated heterocycles. The Morgan fingerprint density at radius 2 is 2.10 bits per heavy atom. The number of phenols is 1. The van der Waals surface area contributed by atoms with Crippen molar-refractivity contribution < 1.29 is 9.50 Å². The zero-order valence-corrected chi connectivity index (χ0v) is 6.94. The zero-order valence-electron chi connectivity index (χ0n) is 5.36. The molecule has 1 rings (SSSR count). The van der Waals surface area contributed by atoms with E-state index >= 15 is 0 Å². The van der Waals surface area contributed by atoms with Gasteiger partial charge in [0.15, 0.2) is 0 Å². The van der Waals surface area contributed by atoms with Gasteiger partial charge in [-0.2, -0.15) is 0 Å². The molecular weight excluding hydrogens is 199 g/mol.